The molecule has 2 heterocycles. The van der Waals surface area contributed by atoms with Crippen molar-refractivity contribution >= 4 is 5.91 Å². The zero-order valence-corrected chi connectivity index (χ0v) is 20.0. The maximum absolute atomic E-state index is 13.7. The van der Waals surface area contributed by atoms with E-state index in [0.717, 1.165) is 47.9 Å². The third-order valence-corrected chi connectivity index (χ3v) is 6.34. The Labute approximate surface area is 206 Å². The van der Waals surface area contributed by atoms with Crippen LogP contribution in [0.25, 0.3) is 16.9 Å². The first kappa shape index (κ1) is 22.9. The highest BCUT2D eigenvalue weighted by atomic mass is 16.5. The maximum atomic E-state index is 13.7. The van der Waals surface area contributed by atoms with E-state index in [-0.39, 0.29) is 5.91 Å². The molecule has 5 rings (SSSR count). The third kappa shape index (κ3) is 5.44. The van der Waals surface area contributed by atoms with E-state index in [1.165, 1.54) is 0 Å². The fourth-order valence-electron chi connectivity index (χ4n) is 4.40. The molecule has 1 amide bonds. The van der Waals surface area contributed by atoms with Crippen molar-refractivity contribution in [1.29, 1.82) is 0 Å². The molecular weight excluding hydrogens is 436 g/mol. The second-order valence-corrected chi connectivity index (χ2v) is 8.84. The number of piperazine rings is 1. The van der Waals surface area contributed by atoms with Gasteiger partial charge in [0.2, 0.25) is 0 Å². The highest BCUT2D eigenvalue weighted by Crippen LogP contribution is 2.26. The van der Waals surface area contributed by atoms with Gasteiger partial charge in [0.15, 0.2) is 0 Å². The average molecular weight is 467 g/mol. The number of aromatic nitrogens is 2. The van der Waals surface area contributed by atoms with Gasteiger partial charge in [-0.15, -0.1) is 0 Å². The van der Waals surface area contributed by atoms with Gasteiger partial charge in [0, 0.05) is 44.5 Å². The van der Waals surface area contributed by atoms with Crippen molar-refractivity contribution in [1.82, 2.24) is 19.6 Å². The average Bonchev–Trinajstić information content (AvgIpc) is 3.36. The number of carbonyl (C=O) groups excluding carboxylic acids is 1. The third-order valence-electron chi connectivity index (χ3n) is 6.34. The Morgan fingerprint density at radius 2 is 1.60 bits per heavy atom. The minimum atomic E-state index is 0.0314. The summed E-state index contributed by atoms with van der Waals surface area (Å²) in [6.07, 6.45) is 1.87. The van der Waals surface area contributed by atoms with Crippen LogP contribution in [0, 0.1) is 6.92 Å². The van der Waals surface area contributed by atoms with Gasteiger partial charge in [-0.1, -0.05) is 60.2 Å². The fraction of sp³-hybridized carbons (Fsp3) is 0.241. The molecule has 0 spiro atoms. The number of hydrogen-bond donors (Lipinski definition) is 0. The van der Waals surface area contributed by atoms with Crippen molar-refractivity contribution in [2.45, 2.75) is 6.92 Å². The monoisotopic (exact) mass is 466 g/mol. The molecule has 3 aromatic carbocycles. The van der Waals surface area contributed by atoms with E-state index < -0.39 is 0 Å². The molecule has 0 bridgehead atoms. The number of hydrogen-bond acceptors (Lipinski definition) is 4. The summed E-state index contributed by atoms with van der Waals surface area (Å²) in [6.45, 7) is 6.57. The number of amides is 1. The second-order valence-electron chi connectivity index (χ2n) is 8.84. The molecule has 0 atom stereocenters. The van der Waals surface area contributed by atoms with E-state index in [1.54, 1.807) is 0 Å². The van der Waals surface area contributed by atoms with Crippen molar-refractivity contribution < 1.29 is 9.53 Å². The quantitative estimate of drug-likeness (QED) is 0.397. The lowest BCUT2D eigenvalue weighted by molar-refractivity contribution is 0.0621. The Bertz CT molecular complexity index is 1260. The molecule has 0 saturated carbocycles. The predicted molar refractivity (Wildman–Crippen MR) is 138 cm³/mol. The second kappa shape index (κ2) is 10.6. The summed E-state index contributed by atoms with van der Waals surface area (Å²) in [4.78, 5) is 18.0. The number of ether oxygens (including phenoxy) is 1. The molecule has 35 heavy (non-hydrogen) atoms. The summed E-state index contributed by atoms with van der Waals surface area (Å²) >= 11 is 0. The van der Waals surface area contributed by atoms with E-state index in [0.29, 0.717) is 25.3 Å². The molecule has 1 saturated heterocycles. The highest BCUT2D eigenvalue weighted by Gasteiger charge is 2.26. The van der Waals surface area contributed by atoms with Gasteiger partial charge in [0.1, 0.15) is 18.1 Å². The molecule has 1 aliphatic heterocycles. The molecule has 1 aromatic heterocycles. The summed E-state index contributed by atoms with van der Waals surface area (Å²) in [5, 5.41) is 4.83. The zero-order chi connectivity index (χ0) is 24.0. The topological polar surface area (TPSA) is 50.6 Å². The van der Waals surface area contributed by atoms with Gasteiger partial charge in [-0.25, -0.2) is 4.68 Å². The standard InChI is InChI=1S/C29H30N4O2/c1-23-9-8-10-24(21-23)28-27(22-33(30-28)25-11-4-2-5-12-25)29(34)32-17-15-31(16-18-32)19-20-35-26-13-6-3-7-14-26/h2-14,21-22H,15-20H2,1H3. The maximum Gasteiger partial charge on any atom is 0.257 e. The first-order chi connectivity index (χ1) is 17.2. The Hall–Kier alpha value is -3.90. The van der Waals surface area contributed by atoms with Crippen LogP contribution in [0.2, 0.25) is 0 Å². The molecule has 0 aliphatic carbocycles. The van der Waals surface area contributed by atoms with Crippen LogP contribution in [0.1, 0.15) is 15.9 Å². The van der Waals surface area contributed by atoms with Gasteiger partial charge in [-0.3, -0.25) is 9.69 Å². The zero-order valence-electron chi connectivity index (χ0n) is 20.0. The van der Waals surface area contributed by atoms with Crippen LogP contribution >= 0.6 is 0 Å². The molecule has 0 N–H and O–H groups in total. The Kier molecular flexibility index (Phi) is 6.91. The first-order valence-electron chi connectivity index (χ1n) is 12.1. The smallest absolute Gasteiger partial charge is 0.257 e. The molecule has 6 heteroatoms. The number of para-hydroxylation sites is 2. The fourth-order valence-corrected chi connectivity index (χ4v) is 4.40. The summed E-state index contributed by atoms with van der Waals surface area (Å²) in [6, 6.07) is 28.0. The number of aryl methyl sites for hydroxylation is 1. The SMILES string of the molecule is Cc1cccc(-c2nn(-c3ccccc3)cc2C(=O)N2CCN(CCOc3ccccc3)CC2)c1. The Morgan fingerprint density at radius 1 is 0.886 bits per heavy atom. The molecule has 178 valence electrons. The van der Waals surface area contributed by atoms with Gasteiger partial charge in [-0.2, -0.15) is 5.10 Å². The molecule has 1 fully saturated rings. The van der Waals surface area contributed by atoms with Gasteiger partial charge >= 0.3 is 0 Å². The Balaban J connectivity index is 1.28. The molecule has 0 radical (unpaired) electrons. The minimum Gasteiger partial charge on any atom is -0.492 e. The number of rotatable bonds is 7. The lowest BCUT2D eigenvalue weighted by Gasteiger charge is -2.34. The van der Waals surface area contributed by atoms with E-state index in [9.17, 15) is 4.79 Å². The lowest BCUT2D eigenvalue weighted by Crippen LogP contribution is -2.49. The van der Waals surface area contributed by atoms with Gasteiger partial charge < -0.3 is 9.64 Å². The van der Waals surface area contributed by atoms with Crippen LogP contribution < -0.4 is 4.74 Å². The highest BCUT2D eigenvalue weighted by molar-refractivity contribution is 6.00. The van der Waals surface area contributed by atoms with Crippen molar-refractivity contribution in [3.05, 3.63) is 102 Å². The van der Waals surface area contributed by atoms with E-state index in [4.69, 9.17) is 9.84 Å². The number of carbonyl (C=O) groups is 1. The van der Waals surface area contributed by atoms with Gasteiger partial charge in [0.05, 0.1) is 11.3 Å². The number of nitrogens with zero attached hydrogens (tertiary/aromatic N) is 4. The molecule has 0 unspecified atom stereocenters. The van der Waals surface area contributed by atoms with Gasteiger partial charge in [0.25, 0.3) is 5.91 Å². The number of benzene rings is 3. The summed E-state index contributed by atoms with van der Waals surface area (Å²) in [7, 11) is 0. The van der Waals surface area contributed by atoms with Crippen LogP contribution in [0.15, 0.2) is 91.1 Å². The Morgan fingerprint density at radius 3 is 2.31 bits per heavy atom. The molecule has 4 aromatic rings. The van der Waals surface area contributed by atoms with E-state index in [2.05, 4.69) is 24.0 Å². The summed E-state index contributed by atoms with van der Waals surface area (Å²) in [5.41, 5.74) is 4.39. The van der Waals surface area contributed by atoms with Crippen molar-refractivity contribution in [3.63, 3.8) is 0 Å². The van der Waals surface area contributed by atoms with Crippen LogP contribution in [0.4, 0.5) is 0 Å². The molecule has 6 nitrogen and oxygen atoms in total. The summed E-state index contributed by atoms with van der Waals surface area (Å²) in [5.74, 6) is 0.921. The van der Waals surface area contributed by atoms with Crippen molar-refractivity contribution in [2.24, 2.45) is 0 Å². The van der Waals surface area contributed by atoms with Crippen LogP contribution in [-0.2, 0) is 0 Å². The van der Waals surface area contributed by atoms with Crippen molar-refractivity contribution in [3.8, 4) is 22.7 Å². The minimum absolute atomic E-state index is 0.0314. The van der Waals surface area contributed by atoms with Crippen LogP contribution in [-0.4, -0.2) is 64.8 Å². The van der Waals surface area contributed by atoms with E-state index in [1.807, 2.05) is 88.6 Å². The largest absolute Gasteiger partial charge is 0.492 e. The summed E-state index contributed by atoms with van der Waals surface area (Å²) < 4.78 is 7.65. The van der Waals surface area contributed by atoms with E-state index >= 15 is 0 Å². The first-order valence-corrected chi connectivity index (χ1v) is 12.1. The van der Waals surface area contributed by atoms with Gasteiger partial charge in [-0.05, 0) is 37.3 Å². The predicted octanol–water partition coefficient (Wildman–Crippen LogP) is 4.68. The lowest BCUT2D eigenvalue weighted by atomic mass is 10.0. The molecule has 1 aliphatic rings. The van der Waals surface area contributed by atoms with Crippen LogP contribution in [0.3, 0.4) is 0 Å². The van der Waals surface area contributed by atoms with Crippen LogP contribution in [0.5, 0.6) is 5.75 Å². The normalized spacial score (nSPS) is 14.1. The van der Waals surface area contributed by atoms with Crippen molar-refractivity contribution in [2.75, 3.05) is 39.3 Å². The molecular formula is C29H30N4O2.